The van der Waals surface area contributed by atoms with Crippen molar-refractivity contribution in [3.63, 3.8) is 0 Å². The van der Waals surface area contributed by atoms with E-state index < -0.39 is 6.04 Å². The molecule has 4 aromatic rings. The number of rotatable bonds is 10. The topological polar surface area (TPSA) is 98.6 Å². The Labute approximate surface area is 234 Å². The highest BCUT2D eigenvalue weighted by atomic mass is 16.5. The number of carbonyl (C=O) groups excluding carboxylic acids is 2. The molecule has 0 aliphatic heterocycles. The summed E-state index contributed by atoms with van der Waals surface area (Å²) in [7, 11) is 1.56. The third-order valence-corrected chi connectivity index (χ3v) is 7.30. The standard InChI is InChI=1S/C31H35N5O4/c1-4-40-27-18-15-22(19-28(27)39-3)30(31(38)32-23-9-5-6-10-23)36(24-16-13-21(2)14-17-24)29(37)20-35-26-12-8-7-11-25(26)33-34-35/h7-8,11-19,23,30H,4-6,9-10,20H2,1-3H3,(H,32,38)/t30-/m0/s1. The van der Waals surface area contributed by atoms with Gasteiger partial charge in [0, 0.05) is 11.7 Å². The van der Waals surface area contributed by atoms with Crippen molar-refractivity contribution in [3.8, 4) is 11.5 Å². The predicted molar refractivity (Wildman–Crippen MR) is 153 cm³/mol. The van der Waals surface area contributed by atoms with Crippen molar-refractivity contribution in [2.75, 3.05) is 18.6 Å². The Hall–Kier alpha value is -4.40. The maximum absolute atomic E-state index is 14.2. The second-order valence-corrected chi connectivity index (χ2v) is 10.1. The molecule has 0 bridgehead atoms. The van der Waals surface area contributed by atoms with Crippen LogP contribution in [-0.2, 0) is 16.1 Å². The van der Waals surface area contributed by atoms with Crippen molar-refractivity contribution in [2.24, 2.45) is 0 Å². The van der Waals surface area contributed by atoms with E-state index in [1.807, 2.05) is 68.4 Å². The number of methoxy groups -OCH3 is 1. The Bertz CT molecular complexity index is 1480. The zero-order valence-corrected chi connectivity index (χ0v) is 23.2. The minimum Gasteiger partial charge on any atom is -0.493 e. The van der Waals surface area contributed by atoms with E-state index in [1.165, 1.54) is 0 Å². The molecule has 2 amide bonds. The summed E-state index contributed by atoms with van der Waals surface area (Å²) >= 11 is 0. The Morgan fingerprint density at radius 2 is 1.80 bits per heavy atom. The van der Waals surface area contributed by atoms with E-state index in [2.05, 4.69) is 15.6 Å². The van der Waals surface area contributed by atoms with E-state index in [-0.39, 0.29) is 24.4 Å². The van der Waals surface area contributed by atoms with Crippen molar-refractivity contribution in [1.29, 1.82) is 0 Å². The smallest absolute Gasteiger partial charge is 0.249 e. The molecule has 0 unspecified atom stereocenters. The highest BCUT2D eigenvalue weighted by molar-refractivity contribution is 6.01. The number of para-hydroxylation sites is 1. The number of carbonyl (C=O) groups is 2. The predicted octanol–water partition coefficient (Wildman–Crippen LogP) is 4.98. The van der Waals surface area contributed by atoms with Gasteiger partial charge in [0.15, 0.2) is 11.5 Å². The van der Waals surface area contributed by atoms with Gasteiger partial charge in [-0.1, -0.05) is 54.0 Å². The first kappa shape index (κ1) is 27.2. The quantitative estimate of drug-likeness (QED) is 0.304. The SMILES string of the molecule is CCOc1ccc([C@@H](C(=O)NC2CCCC2)N(C(=O)Cn2nnc3ccccc32)c2ccc(C)cc2)cc1OC. The minimum absolute atomic E-state index is 0.0776. The van der Waals surface area contributed by atoms with Gasteiger partial charge in [-0.05, 0) is 68.7 Å². The lowest BCUT2D eigenvalue weighted by molar-refractivity contribution is -0.127. The molecular formula is C31H35N5O4. The molecule has 1 heterocycles. The first-order chi connectivity index (χ1) is 19.5. The van der Waals surface area contributed by atoms with Crippen molar-refractivity contribution in [1.82, 2.24) is 20.3 Å². The number of aryl methyl sites for hydroxylation is 1. The van der Waals surface area contributed by atoms with Crippen molar-refractivity contribution < 1.29 is 19.1 Å². The molecule has 1 atom stereocenters. The largest absolute Gasteiger partial charge is 0.493 e. The van der Waals surface area contributed by atoms with E-state index in [1.54, 1.807) is 28.8 Å². The summed E-state index contributed by atoms with van der Waals surface area (Å²) in [6.45, 7) is 4.27. The summed E-state index contributed by atoms with van der Waals surface area (Å²) in [5.74, 6) is 0.539. The van der Waals surface area contributed by atoms with Crippen LogP contribution in [0, 0.1) is 6.92 Å². The Balaban J connectivity index is 1.60. The van der Waals surface area contributed by atoms with Crippen molar-refractivity contribution in [2.45, 2.75) is 58.2 Å². The fourth-order valence-electron chi connectivity index (χ4n) is 5.28. The molecule has 9 nitrogen and oxygen atoms in total. The highest BCUT2D eigenvalue weighted by Crippen LogP contribution is 2.35. The van der Waals surface area contributed by atoms with Gasteiger partial charge >= 0.3 is 0 Å². The summed E-state index contributed by atoms with van der Waals surface area (Å²) in [5.41, 5.74) is 3.72. The van der Waals surface area contributed by atoms with Crippen LogP contribution in [0.5, 0.6) is 11.5 Å². The second-order valence-electron chi connectivity index (χ2n) is 10.1. The average Bonchev–Trinajstić information content (AvgIpc) is 3.63. The molecule has 1 N–H and O–H groups in total. The molecule has 9 heteroatoms. The molecule has 1 fully saturated rings. The Morgan fingerprint density at radius 3 is 2.52 bits per heavy atom. The van der Waals surface area contributed by atoms with Crippen LogP contribution in [0.25, 0.3) is 11.0 Å². The van der Waals surface area contributed by atoms with E-state index in [0.717, 1.165) is 36.8 Å². The first-order valence-corrected chi connectivity index (χ1v) is 13.8. The zero-order chi connectivity index (χ0) is 28.1. The monoisotopic (exact) mass is 541 g/mol. The molecule has 40 heavy (non-hydrogen) atoms. The first-order valence-electron chi connectivity index (χ1n) is 13.8. The third-order valence-electron chi connectivity index (χ3n) is 7.30. The molecule has 0 radical (unpaired) electrons. The van der Waals surface area contributed by atoms with Gasteiger partial charge in [0.2, 0.25) is 11.8 Å². The maximum atomic E-state index is 14.2. The Kier molecular flexibility index (Phi) is 8.28. The molecule has 3 aromatic carbocycles. The Morgan fingerprint density at radius 1 is 1.05 bits per heavy atom. The van der Waals surface area contributed by atoms with Crippen LogP contribution in [0.4, 0.5) is 5.69 Å². The lowest BCUT2D eigenvalue weighted by Gasteiger charge is -2.32. The van der Waals surface area contributed by atoms with Gasteiger partial charge in [0.25, 0.3) is 0 Å². The highest BCUT2D eigenvalue weighted by Gasteiger charge is 2.35. The molecule has 1 aliphatic carbocycles. The summed E-state index contributed by atoms with van der Waals surface area (Å²) in [5, 5.41) is 11.7. The zero-order valence-electron chi connectivity index (χ0n) is 23.2. The number of benzene rings is 3. The number of anilines is 1. The number of fused-ring (bicyclic) bond motifs is 1. The van der Waals surface area contributed by atoms with Crippen LogP contribution < -0.4 is 19.7 Å². The molecular weight excluding hydrogens is 506 g/mol. The van der Waals surface area contributed by atoms with Gasteiger partial charge < -0.3 is 14.8 Å². The number of nitrogens with zero attached hydrogens (tertiary/aromatic N) is 4. The average molecular weight is 542 g/mol. The van der Waals surface area contributed by atoms with Crippen molar-refractivity contribution >= 4 is 28.5 Å². The van der Waals surface area contributed by atoms with E-state index >= 15 is 0 Å². The van der Waals surface area contributed by atoms with Gasteiger partial charge in [-0.2, -0.15) is 0 Å². The van der Waals surface area contributed by atoms with E-state index in [9.17, 15) is 9.59 Å². The molecule has 208 valence electrons. The summed E-state index contributed by atoms with van der Waals surface area (Å²) in [4.78, 5) is 29.9. The lowest BCUT2D eigenvalue weighted by atomic mass is 10.0. The minimum atomic E-state index is -0.949. The van der Waals surface area contributed by atoms with Gasteiger partial charge in [0.1, 0.15) is 18.1 Å². The maximum Gasteiger partial charge on any atom is 0.249 e. The van der Waals surface area contributed by atoms with Gasteiger partial charge in [-0.3, -0.25) is 14.5 Å². The number of hydrogen-bond acceptors (Lipinski definition) is 6. The molecule has 1 aromatic heterocycles. The van der Waals surface area contributed by atoms with Crippen LogP contribution >= 0.6 is 0 Å². The fraction of sp³-hybridized carbons (Fsp3) is 0.355. The van der Waals surface area contributed by atoms with Gasteiger partial charge in [-0.25, -0.2) is 4.68 Å². The molecule has 5 rings (SSSR count). The number of nitrogens with one attached hydrogen (secondary N) is 1. The number of amides is 2. The molecule has 0 saturated heterocycles. The van der Waals surface area contributed by atoms with Gasteiger partial charge in [0.05, 0.1) is 19.2 Å². The van der Waals surface area contributed by atoms with Gasteiger partial charge in [-0.15, -0.1) is 5.10 Å². The van der Waals surface area contributed by atoms with Crippen LogP contribution in [0.1, 0.15) is 49.8 Å². The van der Waals surface area contributed by atoms with Crippen LogP contribution in [-0.4, -0.2) is 46.6 Å². The lowest BCUT2D eigenvalue weighted by Crippen LogP contribution is -2.47. The van der Waals surface area contributed by atoms with Crippen LogP contribution in [0.15, 0.2) is 66.7 Å². The van der Waals surface area contributed by atoms with Crippen LogP contribution in [0.3, 0.4) is 0 Å². The molecule has 1 aliphatic rings. The summed E-state index contributed by atoms with van der Waals surface area (Å²) < 4.78 is 12.9. The third kappa shape index (κ3) is 5.78. The van der Waals surface area contributed by atoms with Crippen molar-refractivity contribution in [3.05, 3.63) is 77.9 Å². The molecule has 1 saturated carbocycles. The van der Waals surface area contributed by atoms with E-state index in [4.69, 9.17) is 9.47 Å². The summed E-state index contributed by atoms with van der Waals surface area (Å²) in [6, 6.07) is 19.6. The number of aromatic nitrogens is 3. The second kappa shape index (κ2) is 12.2. The normalized spacial score (nSPS) is 14.2. The molecule has 0 spiro atoms. The summed E-state index contributed by atoms with van der Waals surface area (Å²) in [6.07, 6.45) is 4.00. The fourth-order valence-corrected chi connectivity index (χ4v) is 5.28. The number of ether oxygens (including phenoxy) is 2. The number of hydrogen-bond donors (Lipinski definition) is 1. The van der Waals surface area contributed by atoms with E-state index in [0.29, 0.717) is 34.9 Å². The van der Waals surface area contributed by atoms with Crippen LogP contribution in [0.2, 0.25) is 0 Å².